The van der Waals surface area contributed by atoms with Gasteiger partial charge in [-0.2, -0.15) is 0 Å². The van der Waals surface area contributed by atoms with E-state index >= 15 is 0 Å². The second-order valence-corrected chi connectivity index (χ2v) is 6.20. The Kier molecular flexibility index (Phi) is 5.11. The van der Waals surface area contributed by atoms with Gasteiger partial charge in [-0.25, -0.2) is 0 Å². The molecule has 7 atom stereocenters. The predicted molar refractivity (Wildman–Crippen MR) is 77.1 cm³/mol. The summed E-state index contributed by atoms with van der Waals surface area (Å²) in [5.74, 6) is -0.311. The normalized spacial score (nSPS) is 43.1. The summed E-state index contributed by atoms with van der Waals surface area (Å²) < 4.78 is 16.1. The minimum absolute atomic E-state index is 0.143. The van der Waals surface area contributed by atoms with E-state index in [1.165, 1.54) is 12.3 Å². The number of hydrogen-bond acceptors (Lipinski definition) is 9. The second-order valence-electron chi connectivity index (χ2n) is 6.20. The van der Waals surface area contributed by atoms with E-state index in [1.54, 1.807) is 0 Å². The monoisotopic (exact) mass is 346 g/mol. The first-order valence-electron chi connectivity index (χ1n) is 7.84. The van der Waals surface area contributed by atoms with E-state index in [0.717, 1.165) is 0 Å². The van der Waals surface area contributed by atoms with Gasteiger partial charge in [0, 0.05) is 6.07 Å². The van der Waals surface area contributed by atoms with Crippen LogP contribution in [0.1, 0.15) is 24.5 Å². The molecule has 0 radical (unpaired) electrons. The lowest BCUT2D eigenvalue weighted by atomic mass is 9.99. The van der Waals surface area contributed by atoms with Crippen LogP contribution in [0.4, 0.5) is 0 Å². The van der Waals surface area contributed by atoms with Crippen LogP contribution in [0.2, 0.25) is 0 Å². The van der Waals surface area contributed by atoms with E-state index in [-0.39, 0.29) is 11.5 Å². The number of rotatable bonds is 4. The summed E-state index contributed by atoms with van der Waals surface area (Å²) in [6.45, 7) is -0.566. The highest BCUT2D eigenvalue weighted by molar-refractivity contribution is 5.31. The Labute approximate surface area is 137 Å². The van der Waals surface area contributed by atoms with Gasteiger partial charge in [0.25, 0.3) is 0 Å². The van der Waals surface area contributed by atoms with Gasteiger partial charge >= 0.3 is 0 Å². The summed E-state index contributed by atoms with van der Waals surface area (Å²) >= 11 is 0. The molecule has 2 fully saturated rings. The molecule has 1 aromatic rings. The van der Waals surface area contributed by atoms with Gasteiger partial charge in [-0.3, -0.25) is 0 Å². The zero-order valence-electron chi connectivity index (χ0n) is 12.8. The minimum atomic E-state index is -1.56. The van der Waals surface area contributed by atoms with Crippen LogP contribution < -0.4 is 4.74 Å². The molecule has 24 heavy (non-hydrogen) atoms. The van der Waals surface area contributed by atoms with Crippen molar-refractivity contribution in [2.75, 3.05) is 6.61 Å². The fraction of sp³-hybridized carbons (Fsp3) is 0.733. The highest BCUT2D eigenvalue weighted by Crippen LogP contribution is 2.40. The molecule has 3 rings (SSSR count). The molecule has 2 aliphatic rings. The zero-order valence-corrected chi connectivity index (χ0v) is 12.8. The van der Waals surface area contributed by atoms with Gasteiger partial charge < -0.3 is 44.5 Å². The van der Waals surface area contributed by atoms with Gasteiger partial charge in [0.1, 0.15) is 24.4 Å². The first-order valence-corrected chi connectivity index (χ1v) is 7.84. The van der Waals surface area contributed by atoms with Crippen molar-refractivity contribution in [3.63, 3.8) is 0 Å². The summed E-state index contributed by atoms with van der Waals surface area (Å²) in [7, 11) is 0. The molecule has 0 aromatic carbocycles. The maximum Gasteiger partial charge on any atom is 0.229 e. The standard InChI is InChI=1S/C15H22O9/c16-5-9-11(19)12(20)13(21)15(24-9)23-8-3-4-22-14(8)10-6(17)1-2-7(10)18/h3-4,6-7,9-13,15-21H,1-2,5H2. The SMILES string of the molecule is OCC1OC(Oc2ccoc2C2C(O)CCC2O)C(O)C(O)C1O. The van der Waals surface area contributed by atoms with Crippen LogP contribution >= 0.6 is 0 Å². The molecule has 136 valence electrons. The third-order valence-corrected chi connectivity index (χ3v) is 4.64. The van der Waals surface area contributed by atoms with E-state index < -0.39 is 55.4 Å². The van der Waals surface area contributed by atoms with Crippen LogP contribution in [0.3, 0.4) is 0 Å². The zero-order chi connectivity index (χ0) is 17.4. The lowest BCUT2D eigenvalue weighted by Gasteiger charge is -2.39. The van der Waals surface area contributed by atoms with Crippen LogP contribution in [0, 0.1) is 0 Å². The molecule has 1 aliphatic carbocycles. The molecule has 1 saturated heterocycles. The van der Waals surface area contributed by atoms with E-state index in [1.807, 2.05) is 0 Å². The fourth-order valence-electron chi connectivity index (χ4n) is 3.25. The van der Waals surface area contributed by atoms with Gasteiger partial charge in [-0.05, 0) is 12.8 Å². The van der Waals surface area contributed by atoms with Crippen LogP contribution in [0.15, 0.2) is 16.7 Å². The summed E-state index contributed by atoms with van der Waals surface area (Å²) in [6.07, 6.45) is -6.45. The van der Waals surface area contributed by atoms with Gasteiger partial charge in [0.05, 0.1) is 31.0 Å². The minimum Gasteiger partial charge on any atom is -0.465 e. The van der Waals surface area contributed by atoms with Crippen molar-refractivity contribution in [2.24, 2.45) is 0 Å². The quantitative estimate of drug-likeness (QED) is 0.365. The fourth-order valence-corrected chi connectivity index (χ4v) is 3.25. The van der Waals surface area contributed by atoms with Crippen molar-refractivity contribution in [3.8, 4) is 5.75 Å². The third kappa shape index (κ3) is 3.04. The molecule has 1 aliphatic heterocycles. The Bertz CT molecular complexity index is 535. The summed E-state index contributed by atoms with van der Waals surface area (Å²) in [4.78, 5) is 0. The molecular weight excluding hydrogens is 324 g/mol. The number of aliphatic hydroxyl groups is 6. The van der Waals surface area contributed by atoms with Gasteiger partial charge in [-0.1, -0.05) is 0 Å². The molecule has 0 spiro atoms. The van der Waals surface area contributed by atoms with Crippen LogP contribution in [-0.4, -0.2) is 80.2 Å². The van der Waals surface area contributed by atoms with Gasteiger partial charge in [-0.15, -0.1) is 0 Å². The lowest BCUT2D eigenvalue weighted by Crippen LogP contribution is -2.60. The first-order chi connectivity index (χ1) is 11.4. The van der Waals surface area contributed by atoms with Crippen molar-refractivity contribution in [3.05, 3.63) is 18.1 Å². The smallest absolute Gasteiger partial charge is 0.229 e. The van der Waals surface area contributed by atoms with Crippen molar-refractivity contribution >= 4 is 0 Å². The molecule has 1 aromatic heterocycles. The Morgan fingerprint density at radius 2 is 1.67 bits per heavy atom. The Balaban J connectivity index is 1.78. The second kappa shape index (κ2) is 6.96. The van der Waals surface area contributed by atoms with Crippen molar-refractivity contribution in [1.29, 1.82) is 0 Å². The average Bonchev–Trinajstić information content (AvgIpc) is 3.14. The molecule has 9 nitrogen and oxygen atoms in total. The number of ether oxygens (including phenoxy) is 2. The van der Waals surface area contributed by atoms with Gasteiger partial charge in [0.2, 0.25) is 6.29 Å². The van der Waals surface area contributed by atoms with E-state index in [2.05, 4.69) is 0 Å². The van der Waals surface area contributed by atoms with Crippen molar-refractivity contribution in [1.82, 2.24) is 0 Å². The Morgan fingerprint density at radius 1 is 1.00 bits per heavy atom. The molecule has 0 amide bonds. The molecule has 1 saturated carbocycles. The number of hydrogen-bond donors (Lipinski definition) is 6. The molecule has 6 N–H and O–H groups in total. The predicted octanol–water partition coefficient (Wildman–Crippen LogP) is -1.94. The molecule has 0 bridgehead atoms. The Morgan fingerprint density at radius 3 is 2.29 bits per heavy atom. The van der Waals surface area contributed by atoms with Crippen LogP contribution in [0.5, 0.6) is 5.75 Å². The molecule has 9 heteroatoms. The topological polar surface area (TPSA) is 153 Å². The van der Waals surface area contributed by atoms with Gasteiger partial charge in [0.15, 0.2) is 11.5 Å². The maximum absolute atomic E-state index is 10.0. The third-order valence-electron chi connectivity index (χ3n) is 4.64. The van der Waals surface area contributed by atoms with E-state index in [0.29, 0.717) is 12.8 Å². The Hall–Kier alpha value is -1.20. The first kappa shape index (κ1) is 17.6. The maximum atomic E-state index is 10.0. The summed E-state index contributed by atoms with van der Waals surface area (Å²) in [6, 6.07) is 1.44. The van der Waals surface area contributed by atoms with E-state index in [9.17, 15) is 30.6 Å². The largest absolute Gasteiger partial charge is 0.465 e. The van der Waals surface area contributed by atoms with Crippen LogP contribution in [0.25, 0.3) is 0 Å². The number of aliphatic hydroxyl groups excluding tert-OH is 6. The summed E-state index contributed by atoms with van der Waals surface area (Å²) in [5, 5.41) is 58.8. The van der Waals surface area contributed by atoms with Crippen molar-refractivity contribution < 1.29 is 44.5 Å². The number of furan rings is 1. The highest BCUT2D eigenvalue weighted by Gasteiger charge is 2.46. The summed E-state index contributed by atoms with van der Waals surface area (Å²) in [5.41, 5.74) is 0. The van der Waals surface area contributed by atoms with E-state index in [4.69, 9.17) is 13.9 Å². The lowest BCUT2D eigenvalue weighted by molar-refractivity contribution is -0.277. The van der Waals surface area contributed by atoms with Crippen LogP contribution in [-0.2, 0) is 4.74 Å². The van der Waals surface area contributed by atoms with Crippen molar-refractivity contribution in [2.45, 2.75) is 61.7 Å². The molecule has 7 unspecified atom stereocenters. The molecular formula is C15H22O9. The average molecular weight is 346 g/mol. The highest BCUT2D eigenvalue weighted by atomic mass is 16.7. The molecule has 2 heterocycles.